The van der Waals surface area contributed by atoms with Crippen molar-refractivity contribution in [1.29, 1.82) is 0 Å². The van der Waals surface area contributed by atoms with Gasteiger partial charge < -0.3 is 13.6 Å². The number of furan rings is 1. The third-order valence-electron chi connectivity index (χ3n) is 5.29. The smallest absolute Gasteiger partial charge is 0.251 e. The van der Waals surface area contributed by atoms with Crippen LogP contribution in [0.4, 0.5) is 0 Å². The number of aromatic nitrogens is 5. The fourth-order valence-electron chi connectivity index (χ4n) is 3.75. The Kier molecular flexibility index (Phi) is 6.03. The van der Waals surface area contributed by atoms with E-state index in [4.69, 9.17) is 25.2 Å². The molecular formula is C22H22ClN5O3S. The van der Waals surface area contributed by atoms with E-state index in [2.05, 4.69) is 25.0 Å². The van der Waals surface area contributed by atoms with E-state index in [-0.39, 0.29) is 6.10 Å². The van der Waals surface area contributed by atoms with Crippen LogP contribution in [0.15, 0.2) is 44.3 Å². The Bertz CT molecular complexity index is 1210. The molecule has 0 unspecified atom stereocenters. The third kappa shape index (κ3) is 4.46. The molecule has 5 rings (SSSR count). The van der Waals surface area contributed by atoms with Crippen molar-refractivity contribution in [1.82, 2.24) is 25.0 Å². The van der Waals surface area contributed by atoms with Gasteiger partial charge in [0, 0.05) is 17.2 Å². The number of halogens is 1. The second kappa shape index (κ2) is 9.09. The molecule has 4 heterocycles. The maximum atomic E-state index is 6.06. The van der Waals surface area contributed by atoms with E-state index >= 15 is 0 Å². The average molecular weight is 472 g/mol. The molecule has 3 aromatic heterocycles. The first-order valence-corrected chi connectivity index (χ1v) is 11.8. The molecule has 0 saturated carbocycles. The SMILES string of the molecule is Cc1cc(-c2nnc(CSc3nnc(-c4ccc(Cl)cc4)n3C[C@@H]3CCCO3)o2)c(C)o1. The lowest BCUT2D eigenvalue weighted by molar-refractivity contribution is 0.0953. The van der Waals surface area contributed by atoms with E-state index in [0.717, 1.165) is 53.1 Å². The number of rotatable bonds is 7. The summed E-state index contributed by atoms with van der Waals surface area (Å²) in [5, 5.41) is 18.7. The summed E-state index contributed by atoms with van der Waals surface area (Å²) >= 11 is 7.57. The van der Waals surface area contributed by atoms with Crippen molar-refractivity contribution in [3.8, 4) is 22.8 Å². The second-order valence-electron chi connectivity index (χ2n) is 7.68. The molecule has 1 saturated heterocycles. The van der Waals surface area contributed by atoms with Crippen LogP contribution in [0.2, 0.25) is 5.02 Å². The molecular weight excluding hydrogens is 450 g/mol. The van der Waals surface area contributed by atoms with Gasteiger partial charge in [0.05, 0.1) is 24.0 Å². The largest absolute Gasteiger partial charge is 0.466 e. The Morgan fingerprint density at radius 1 is 1.09 bits per heavy atom. The zero-order chi connectivity index (χ0) is 22.1. The molecule has 0 N–H and O–H groups in total. The number of aryl methyl sites for hydroxylation is 2. The Balaban J connectivity index is 1.37. The molecule has 32 heavy (non-hydrogen) atoms. The van der Waals surface area contributed by atoms with E-state index in [1.807, 2.05) is 44.2 Å². The molecule has 0 aliphatic carbocycles. The highest BCUT2D eigenvalue weighted by atomic mass is 35.5. The van der Waals surface area contributed by atoms with Crippen LogP contribution in [0, 0.1) is 13.8 Å². The molecule has 0 amide bonds. The number of nitrogens with zero attached hydrogens (tertiary/aromatic N) is 5. The van der Waals surface area contributed by atoms with Gasteiger partial charge in [-0.05, 0) is 57.0 Å². The Morgan fingerprint density at radius 2 is 1.94 bits per heavy atom. The van der Waals surface area contributed by atoms with Gasteiger partial charge >= 0.3 is 0 Å². The lowest BCUT2D eigenvalue weighted by Gasteiger charge is -2.14. The number of hydrogen-bond acceptors (Lipinski definition) is 8. The first-order chi connectivity index (χ1) is 15.6. The summed E-state index contributed by atoms with van der Waals surface area (Å²) in [6.45, 7) is 5.26. The Hall–Kier alpha value is -2.62. The highest BCUT2D eigenvalue weighted by molar-refractivity contribution is 7.98. The van der Waals surface area contributed by atoms with Crippen molar-refractivity contribution in [2.45, 2.75) is 50.2 Å². The first kappa shape index (κ1) is 21.2. The van der Waals surface area contributed by atoms with Crippen molar-refractivity contribution in [3.05, 3.63) is 52.8 Å². The summed E-state index contributed by atoms with van der Waals surface area (Å²) in [6, 6.07) is 9.51. The summed E-state index contributed by atoms with van der Waals surface area (Å²) < 4.78 is 19.4. The van der Waals surface area contributed by atoms with Gasteiger partial charge in [-0.15, -0.1) is 20.4 Å². The molecule has 0 spiro atoms. The zero-order valence-corrected chi connectivity index (χ0v) is 19.3. The van der Waals surface area contributed by atoms with Crippen molar-refractivity contribution in [3.63, 3.8) is 0 Å². The monoisotopic (exact) mass is 471 g/mol. The second-order valence-corrected chi connectivity index (χ2v) is 9.05. The van der Waals surface area contributed by atoms with E-state index in [0.29, 0.717) is 29.1 Å². The third-order valence-corrected chi connectivity index (χ3v) is 6.50. The molecule has 0 radical (unpaired) electrons. The Labute approximate surface area is 194 Å². The molecule has 4 aromatic rings. The molecule has 1 aliphatic rings. The highest BCUT2D eigenvalue weighted by Gasteiger charge is 2.22. The van der Waals surface area contributed by atoms with Gasteiger partial charge in [0.2, 0.25) is 5.89 Å². The topological polar surface area (TPSA) is 92.0 Å². The normalized spacial score (nSPS) is 16.2. The standard InChI is InChI=1S/C22H22ClN5O3S/c1-13-10-18(14(2)30-13)21-26-24-19(31-21)12-32-22-27-25-20(15-5-7-16(23)8-6-15)28(22)11-17-4-3-9-29-17/h5-8,10,17H,3-4,9,11-12H2,1-2H3/t17-/m0/s1. The fraction of sp³-hybridized carbons (Fsp3) is 0.364. The van der Waals surface area contributed by atoms with Crippen LogP contribution in [-0.4, -0.2) is 37.7 Å². The predicted molar refractivity (Wildman–Crippen MR) is 120 cm³/mol. The van der Waals surface area contributed by atoms with Gasteiger partial charge in [0.1, 0.15) is 11.5 Å². The van der Waals surface area contributed by atoms with Gasteiger partial charge in [0.25, 0.3) is 5.89 Å². The van der Waals surface area contributed by atoms with Crippen molar-refractivity contribution in [2.24, 2.45) is 0 Å². The summed E-state index contributed by atoms with van der Waals surface area (Å²) in [4.78, 5) is 0. The molecule has 0 bridgehead atoms. The molecule has 1 atom stereocenters. The molecule has 1 aromatic carbocycles. The Morgan fingerprint density at radius 3 is 2.66 bits per heavy atom. The van der Waals surface area contributed by atoms with Crippen molar-refractivity contribution >= 4 is 23.4 Å². The maximum Gasteiger partial charge on any atom is 0.251 e. The van der Waals surface area contributed by atoms with Crippen LogP contribution in [0.1, 0.15) is 30.3 Å². The fourth-order valence-corrected chi connectivity index (χ4v) is 4.67. The van der Waals surface area contributed by atoms with Gasteiger partial charge in [0.15, 0.2) is 11.0 Å². The quantitative estimate of drug-likeness (QED) is 0.334. The van der Waals surface area contributed by atoms with Crippen LogP contribution in [0.5, 0.6) is 0 Å². The van der Waals surface area contributed by atoms with Crippen molar-refractivity contribution in [2.75, 3.05) is 6.61 Å². The van der Waals surface area contributed by atoms with Crippen LogP contribution in [0.25, 0.3) is 22.8 Å². The molecule has 1 aliphatic heterocycles. The van der Waals surface area contributed by atoms with Crippen LogP contribution < -0.4 is 0 Å². The lowest BCUT2D eigenvalue weighted by atomic mass is 10.2. The highest BCUT2D eigenvalue weighted by Crippen LogP contribution is 2.30. The van der Waals surface area contributed by atoms with Gasteiger partial charge in [-0.3, -0.25) is 4.57 Å². The minimum atomic E-state index is 0.152. The number of benzene rings is 1. The summed E-state index contributed by atoms with van der Waals surface area (Å²) in [6.07, 6.45) is 2.25. The zero-order valence-electron chi connectivity index (χ0n) is 17.7. The van der Waals surface area contributed by atoms with Crippen LogP contribution in [-0.2, 0) is 17.0 Å². The summed E-state index contributed by atoms with van der Waals surface area (Å²) in [5.74, 6) is 3.81. The average Bonchev–Trinajstić information content (AvgIpc) is 3.56. The van der Waals surface area contributed by atoms with Crippen molar-refractivity contribution < 1.29 is 13.6 Å². The molecule has 8 nitrogen and oxygen atoms in total. The van der Waals surface area contributed by atoms with Crippen LogP contribution in [0.3, 0.4) is 0 Å². The van der Waals surface area contributed by atoms with E-state index in [1.165, 1.54) is 11.8 Å². The van der Waals surface area contributed by atoms with E-state index < -0.39 is 0 Å². The number of thioether (sulfide) groups is 1. The number of ether oxygens (including phenoxy) is 1. The maximum absolute atomic E-state index is 6.06. The minimum Gasteiger partial charge on any atom is -0.466 e. The van der Waals surface area contributed by atoms with Gasteiger partial charge in [-0.25, -0.2) is 0 Å². The van der Waals surface area contributed by atoms with Gasteiger partial charge in [-0.2, -0.15) is 0 Å². The van der Waals surface area contributed by atoms with E-state index in [9.17, 15) is 0 Å². The molecule has 10 heteroatoms. The minimum absolute atomic E-state index is 0.152. The first-order valence-electron chi connectivity index (χ1n) is 10.4. The lowest BCUT2D eigenvalue weighted by Crippen LogP contribution is -2.16. The van der Waals surface area contributed by atoms with E-state index in [1.54, 1.807) is 0 Å². The predicted octanol–water partition coefficient (Wildman–Crippen LogP) is 5.33. The number of hydrogen-bond donors (Lipinski definition) is 0. The molecule has 1 fully saturated rings. The summed E-state index contributed by atoms with van der Waals surface area (Å²) in [7, 11) is 0. The van der Waals surface area contributed by atoms with Gasteiger partial charge in [-0.1, -0.05) is 23.4 Å². The summed E-state index contributed by atoms with van der Waals surface area (Å²) in [5.41, 5.74) is 1.77. The molecule has 166 valence electrons. The van der Waals surface area contributed by atoms with Crippen LogP contribution >= 0.6 is 23.4 Å².